The summed E-state index contributed by atoms with van der Waals surface area (Å²) in [6.07, 6.45) is 1.61. The van der Waals surface area contributed by atoms with Gasteiger partial charge in [0.15, 0.2) is 11.5 Å². The number of primary amides is 1. The van der Waals surface area contributed by atoms with Gasteiger partial charge >= 0.3 is 0 Å². The van der Waals surface area contributed by atoms with Crippen molar-refractivity contribution in [2.45, 2.75) is 25.4 Å². The summed E-state index contributed by atoms with van der Waals surface area (Å²) in [5.41, 5.74) is 11.3. The van der Waals surface area contributed by atoms with Gasteiger partial charge in [0.1, 0.15) is 0 Å². The fraction of sp³-hybridized carbons (Fsp3) is 0.333. The Hall–Kier alpha value is -2.48. The number of carbonyl (C=O) groups excluding carboxylic acids is 2. The Labute approximate surface area is 115 Å². The maximum Gasteiger partial charge on any atom is 0.238 e. The lowest BCUT2D eigenvalue weighted by Crippen LogP contribution is -2.44. The first-order valence-corrected chi connectivity index (χ1v) is 6.13. The van der Waals surface area contributed by atoms with Crippen LogP contribution in [0.2, 0.25) is 0 Å². The molecular weight excluding hydrogens is 260 g/mol. The number of rotatable bonds is 5. The highest BCUT2D eigenvalue weighted by Crippen LogP contribution is 2.11. The molecule has 20 heavy (non-hydrogen) atoms. The summed E-state index contributed by atoms with van der Waals surface area (Å²) in [4.78, 5) is 22.6. The minimum atomic E-state index is -0.964. The van der Waals surface area contributed by atoms with Crippen molar-refractivity contribution in [3.05, 3.63) is 30.2 Å². The number of aromatic nitrogens is 3. The first-order chi connectivity index (χ1) is 9.49. The average Bonchev–Trinajstić information content (AvgIpc) is 2.81. The van der Waals surface area contributed by atoms with Gasteiger partial charge in [-0.25, -0.2) is 0 Å². The summed E-state index contributed by atoms with van der Waals surface area (Å²) < 4.78 is 1.77. The molecule has 0 saturated heterocycles. The van der Waals surface area contributed by atoms with Crippen molar-refractivity contribution in [2.24, 2.45) is 11.5 Å². The molecule has 5 N–H and O–H groups in total. The Morgan fingerprint density at radius 3 is 2.85 bits per heavy atom. The third-order valence-electron chi connectivity index (χ3n) is 2.84. The van der Waals surface area contributed by atoms with E-state index < -0.39 is 17.9 Å². The predicted octanol–water partition coefficient (Wildman–Crippen LogP) is -0.891. The highest BCUT2D eigenvalue weighted by Gasteiger charge is 2.20. The Kier molecular flexibility index (Phi) is 3.94. The van der Waals surface area contributed by atoms with Crippen LogP contribution in [0.25, 0.3) is 5.65 Å². The van der Waals surface area contributed by atoms with Crippen LogP contribution in [-0.4, -0.2) is 32.5 Å². The van der Waals surface area contributed by atoms with E-state index >= 15 is 0 Å². The molecule has 2 rings (SSSR count). The van der Waals surface area contributed by atoms with Crippen molar-refractivity contribution in [1.29, 1.82) is 0 Å². The zero-order valence-corrected chi connectivity index (χ0v) is 11.0. The molecule has 0 fully saturated rings. The molecule has 2 atom stereocenters. The third-order valence-corrected chi connectivity index (χ3v) is 2.84. The minimum absolute atomic E-state index is 0.195. The van der Waals surface area contributed by atoms with Crippen molar-refractivity contribution < 1.29 is 9.59 Å². The largest absolute Gasteiger partial charge is 0.370 e. The van der Waals surface area contributed by atoms with E-state index in [0.717, 1.165) is 0 Å². The van der Waals surface area contributed by atoms with Crippen LogP contribution in [0.4, 0.5) is 0 Å². The van der Waals surface area contributed by atoms with Crippen LogP contribution in [0.3, 0.4) is 0 Å². The summed E-state index contributed by atoms with van der Waals surface area (Å²) in [6, 6.07) is 4.14. The van der Waals surface area contributed by atoms with Crippen molar-refractivity contribution in [1.82, 2.24) is 19.9 Å². The Morgan fingerprint density at radius 2 is 2.15 bits per heavy atom. The second-order valence-corrected chi connectivity index (χ2v) is 4.49. The number of fused-ring (bicyclic) bond motifs is 1. The number of nitrogens with one attached hydrogen (secondary N) is 1. The topological polar surface area (TPSA) is 128 Å². The molecule has 2 unspecified atom stereocenters. The molecule has 0 spiro atoms. The molecule has 0 bridgehead atoms. The summed E-state index contributed by atoms with van der Waals surface area (Å²) in [5.74, 6) is -0.488. The van der Waals surface area contributed by atoms with Crippen molar-refractivity contribution in [2.75, 3.05) is 0 Å². The lowest BCUT2D eigenvalue weighted by atomic mass is 10.2. The van der Waals surface area contributed by atoms with Gasteiger partial charge in [-0.3, -0.25) is 14.0 Å². The second-order valence-electron chi connectivity index (χ2n) is 4.49. The average molecular weight is 276 g/mol. The van der Waals surface area contributed by atoms with Crippen LogP contribution in [0, 0.1) is 0 Å². The number of nitrogens with zero attached hydrogens (tertiary/aromatic N) is 3. The second kappa shape index (κ2) is 5.66. The standard InChI is InChI=1S/C12H16N6O2/c1-7(15-12(20)8(13)6-9(14)19)11-17-16-10-4-2-3-5-18(10)11/h2-5,7-8H,6,13H2,1H3,(H2,14,19)(H,15,20). The molecule has 0 radical (unpaired) electrons. The number of hydrogen-bond acceptors (Lipinski definition) is 5. The van der Waals surface area contributed by atoms with Crippen molar-refractivity contribution in [3.63, 3.8) is 0 Å². The Balaban J connectivity index is 2.10. The molecule has 2 aromatic rings. The number of amides is 2. The lowest BCUT2D eigenvalue weighted by Gasteiger charge is -2.15. The smallest absolute Gasteiger partial charge is 0.238 e. The van der Waals surface area contributed by atoms with Crippen LogP contribution in [-0.2, 0) is 9.59 Å². The summed E-state index contributed by atoms with van der Waals surface area (Å²) in [6.45, 7) is 1.76. The molecule has 0 aromatic carbocycles. The van der Waals surface area contributed by atoms with Crippen LogP contribution >= 0.6 is 0 Å². The monoisotopic (exact) mass is 276 g/mol. The van der Waals surface area contributed by atoms with Crippen LogP contribution < -0.4 is 16.8 Å². The number of carbonyl (C=O) groups is 2. The van der Waals surface area contributed by atoms with Crippen molar-refractivity contribution >= 4 is 17.5 Å². The summed E-state index contributed by atoms with van der Waals surface area (Å²) >= 11 is 0. The third kappa shape index (κ3) is 2.91. The van der Waals surface area contributed by atoms with Gasteiger partial charge in [0.25, 0.3) is 0 Å². The van der Waals surface area contributed by atoms with E-state index in [1.165, 1.54) is 0 Å². The molecule has 0 saturated carbocycles. The van der Waals surface area contributed by atoms with Gasteiger partial charge in [0.2, 0.25) is 11.8 Å². The highest BCUT2D eigenvalue weighted by atomic mass is 16.2. The van der Waals surface area contributed by atoms with E-state index in [-0.39, 0.29) is 12.5 Å². The van der Waals surface area contributed by atoms with E-state index in [4.69, 9.17) is 11.5 Å². The molecule has 0 aliphatic rings. The maximum absolute atomic E-state index is 11.8. The summed E-state index contributed by atoms with van der Waals surface area (Å²) in [7, 11) is 0. The zero-order valence-electron chi connectivity index (χ0n) is 11.0. The molecule has 2 amide bonds. The van der Waals surface area contributed by atoms with Crippen LogP contribution in [0.1, 0.15) is 25.2 Å². The van der Waals surface area contributed by atoms with Gasteiger partial charge in [-0.2, -0.15) is 0 Å². The molecule has 8 nitrogen and oxygen atoms in total. The van der Waals surface area contributed by atoms with Gasteiger partial charge in [-0.05, 0) is 19.1 Å². The number of pyridine rings is 1. The first-order valence-electron chi connectivity index (χ1n) is 6.13. The summed E-state index contributed by atoms with van der Waals surface area (Å²) in [5, 5.41) is 10.7. The molecule has 2 aromatic heterocycles. The zero-order chi connectivity index (χ0) is 14.7. The fourth-order valence-electron chi connectivity index (χ4n) is 1.85. The van der Waals surface area contributed by atoms with Gasteiger partial charge in [-0.1, -0.05) is 6.07 Å². The van der Waals surface area contributed by atoms with E-state index in [1.54, 1.807) is 17.5 Å². The molecule has 106 valence electrons. The quantitative estimate of drug-likeness (QED) is 0.652. The maximum atomic E-state index is 11.8. The molecule has 0 aliphatic carbocycles. The van der Waals surface area contributed by atoms with E-state index in [2.05, 4.69) is 15.5 Å². The van der Waals surface area contributed by atoms with Gasteiger partial charge < -0.3 is 16.8 Å². The Morgan fingerprint density at radius 1 is 1.40 bits per heavy atom. The Bertz CT molecular complexity index is 638. The van der Waals surface area contributed by atoms with E-state index in [0.29, 0.717) is 11.5 Å². The highest BCUT2D eigenvalue weighted by molar-refractivity contribution is 5.87. The normalized spacial score (nSPS) is 13.9. The lowest BCUT2D eigenvalue weighted by molar-refractivity contribution is -0.126. The van der Waals surface area contributed by atoms with Gasteiger partial charge in [-0.15, -0.1) is 10.2 Å². The fourth-order valence-corrected chi connectivity index (χ4v) is 1.85. The van der Waals surface area contributed by atoms with Crippen LogP contribution in [0.15, 0.2) is 24.4 Å². The number of hydrogen-bond donors (Lipinski definition) is 3. The van der Waals surface area contributed by atoms with Crippen molar-refractivity contribution in [3.8, 4) is 0 Å². The molecule has 8 heteroatoms. The number of nitrogens with two attached hydrogens (primary N) is 2. The van der Waals surface area contributed by atoms with E-state index in [9.17, 15) is 9.59 Å². The molecule has 0 aliphatic heterocycles. The SMILES string of the molecule is CC(NC(=O)C(N)CC(N)=O)c1nnc2ccccn12. The van der Waals surface area contributed by atoms with Crippen LogP contribution in [0.5, 0.6) is 0 Å². The molecular formula is C12H16N6O2. The van der Waals surface area contributed by atoms with Gasteiger partial charge in [0.05, 0.1) is 18.5 Å². The predicted molar refractivity (Wildman–Crippen MR) is 71.3 cm³/mol. The van der Waals surface area contributed by atoms with Gasteiger partial charge in [0, 0.05) is 6.20 Å². The molecule has 2 heterocycles. The first kappa shape index (κ1) is 13.9. The van der Waals surface area contributed by atoms with E-state index in [1.807, 2.05) is 18.2 Å². The minimum Gasteiger partial charge on any atom is -0.370 e.